The van der Waals surface area contributed by atoms with Crippen LogP contribution in [0.3, 0.4) is 0 Å². The molecule has 3 rings (SSSR count). The molecule has 7 heteroatoms. The fourth-order valence-electron chi connectivity index (χ4n) is 2.84. The Morgan fingerprint density at radius 3 is 2.76 bits per heavy atom. The molecule has 1 aromatic carbocycles. The fourth-order valence-corrected chi connectivity index (χ4v) is 4.24. The first-order valence-electron chi connectivity index (χ1n) is 7.85. The first kappa shape index (κ1) is 17.4. The summed E-state index contributed by atoms with van der Waals surface area (Å²) in [6.45, 7) is 3.72. The van der Waals surface area contributed by atoms with E-state index < -0.39 is 21.4 Å². The minimum absolute atomic E-state index is 0.00671. The van der Waals surface area contributed by atoms with Crippen molar-refractivity contribution in [2.75, 3.05) is 5.75 Å². The molecule has 0 saturated carbocycles. The van der Waals surface area contributed by atoms with Gasteiger partial charge >= 0.3 is 11.6 Å². The monoisotopic (exact) mass is 362 g/mol. The predicted octanol–water partition coefficient (Wildman–Crippen LogP) is 2.40. The zero-order valence-electron chi connectivity index (χ0n) is 13.9. The van der Waals surface area contributed by atoms with Gasteiger partial charge in [0.25, 0.3) is 0 Å². The second-order valence-electron chi connectivity index (χ2n) is 6.26. The minimum atomic E-state index is -3.19. The number of allylic oxidation sites excluding steroid dienone is 1. The lowest BCUT2D eigenvalue weighted by atomic mass is 10.0. The van der Waals surface area contributed by atoms with E-state index in [2.05, 4.69) is 0 Å². The van der Waals surface area contributed by atoms with Crippen LogP contribution in [-0.4, -0.2) is 20.1 Å². The Bertz CT molecular complexity index is 1030. The quantitative estimate of drug-likeness (QED) is 0.613. The molecular weight excluding hydrogens is 344 g/mol. The van der Waals surface area contributed by atoms with Crippen LogP contribution in [0.5, 0.6) is 0 Å². The number of fused-ring (bicyclic) bond motifs is 1. The molecule has 132 valence electrons. The van der Waals surface area contributed by atoms with E-state index >= 15 is 0 Å². The Hall–Kier alpha value is -2.41. The second kappa shape index (κ2) is 6.48. The van der Waals surface area contributed by atoms with Gasteiger partial charge in [0, 0.05) is 28.3 Å². The lowest BCUT2D eigenvalue weighted by Crippen LogP contribution is -2.14. The maximum absolute atomic E-state index is 12.0. The first-order valence-corrected chi connectivity index (χ1v) is 9.56. The highest BCUT2D eigenvalue weighted by molar-refractivity contribution is 7.94. The van der Waals surface area contributed by atoms with Gasteiger partial charge in [-0.15, -0.1) is 0 Å². The van der Waals surface area contributed by atoms with E-state index in [0.29, 0.717) is 11.1 Å². The van der Waals surface area contributed by atoms with E-state index in [1.807, 2.05) is 26.0 Å². The molecule has 0 N–H and O–H groups in total. The van der Waals surface area contributed by atoms with E-state index in [1.54, 1.807) is 0 Å². The van der Waals surface area contributed by atoms with Gasteiger partial charge in [-0.25, -0.2) is 13.2 Å². The van der Waals surface area contributed by atoms with E-state index in [0.717, 1.165) is 21.9 Å². The number of aryl methyl sites for hydroxylation is 2. The fraction of sp³-hybridized carbons (Fsp3) is 0.333. The van der Waals surface area contributed by atoms with Gasteiger partial charge in [0.15, 0.2) is 9.84 Å². The number of hydrogen-bond donors (Lipinski definition) is 0. The van der Waals surface area contributed by atoms with E-state index in [9.17, 15) is 18.0 Å². The topological polar surface area (TPSA) is 90.7 Å². The Labute approximate surface area is 145 Å². The largest absolute Gasteiger partial charge is 0.461 e. The highest BCUT2D eigenvalue weighted by atomic mass is 32.2. The van der Waals surface area contributed by atoms with Gasteiger partial charge in [-0.05, 0) is 25.0 Å². The zero-order chi connectivity index (χ0) is 18.2. The van der Waals surface area contributed by atoms with Crippen LogP contribution >= 0.6 is 0 Å². The molecule has 6 nitrogen and oxygen atoms in total. The van der Waals surface area contributed by atoms with Gasteiger partial charge < -0.3 is 9.15 Å². The summed E-state index contributed by atoms with van der Waals surface area (Å²) in [6, 6.07) is 5.05. The number of carbonyl (C=O) groups is 1. The van der Waals surface area contributed by atoms with Crippen molar-refractivity contribution in [3.63, 3.8) is 0 Å². The van der Waals surface area contributed by atoms with Crippen LogP contribution in [-0.2, 0) is 26.0 Å². The number of carbonyl (C=O) groups excluding carboxylic acids is 1. The summed E-state index contributed by atoms with van der Waals surface area (Å²) in [6.07, 6.45) is 1.50. The second-order valence-corrected chi connectivity index (χ2v) is 8.19. The molecule has 0 saturated heterocycles. The molecule has 25 heavy (non-hydrogen) atoms. The predicted molar refractivity (Wildman–Crippen MR) is 92.8 cm³/mol. The molecule has 1 aromatic heterocycles. The van der Waals surface area contributed by atoms with Gasteiger partial charge in [-0.3, -0.25) is 4.79 Å². The molecule has 1 aliphatic rings. The van der Waals surface area contributed by atoms with Crippen molar-refractivity contribution in [2.45, 2.75) is 26.9 Å². The maximum Gasteiger partial charge on any atom is 0.336 e. The van der Waals surface area contributed by atoms with Crippen molar-refractivity contribution >= 4 is 26.8 Å². The summed E-state index contributed by atoms with van der Waals surface area (Å²) in [5.74, 6) is -0.935. The molecule has 0 unspecified atom stereocenters. The van der Waals surface area contributed by atoms with Crippen molar-refractivity contribution in [1.29, 1.82) is 0 Å². The molecular formula is C18H18O6S. The lowest BCUT2D eigenvalue weighted by Gasteiger charge is -2.11. The normalized spacial score (nSPS) is 18.6. The van der Waals surface area contributed by atoms with Crippen LogP contribution in [0.15, 0.2) is 38.9 Å². The molecule has 0 fully saturated rings. The molecule has 0 amide bonds. The van der Waals surface area contributed by atoms with Gasteiger partial charge in [0.05, 0.1) is 12.2 Å². The SMILES string of the molecule is Cc1ccc2c(COC(=O)C[C@H]3C=CS(=O)(=O)C3)cc(=O)oc2c1C. The van der Waals surface area contributed by atoms with Crippen molar-refractivity contribution in [1.82, 2.24) is 0 Å². The molecule has 2 aromatic rings. The number of rotatable bonds is 4. The van der Waals surface area contributed by atoms with Crippen molar-refractivity contribution < 1.29 is 22.4 Å². The molecule has 0 aliphatic carbocycles. The van der Waals surface area contributed by atoms with E-state index in [-0.39, 0.29) is 24.7 Å². The Balaban J connectivity index is 1.75. The van der Waals surface area contributed by atoms with Crippen LogP contribution < -0.4 is 5.63 Å². The van der Waals surface area contributed by atoms with Crippen LogP contribution in [0, 0.1) is 19.8 Å². The Morgan fingerprint density at radius 2 is 2.08 bits per heavy atom. The summed E-state index contributed by atoms with van der Waals surface area (Å²) in [5.41, 5.74) is 2.42. The lowest BCUT2D eigenvalue weighted by molar-refractivity contribution is -0.145. The van der Waals surface area contributed by atoms with Crippen LogP contribution in [0.25, 0.3) is 11.0 Å². The highest BCUT2D eigenvalue weighted by Crippen LogP contribution is 2.24. The average molecular weight is 362 g/mol. The van der Waals surface area contributed by atoms with Crippen LogP contribution in [0.4, 0.5) is 0 Å². The van der Waals surface area contributed by atoms with Gasteiger partial charge in [0.2, 0.25) is 0 Å². The molecule has 1 aliphatic heterocycles. The third-order valence-electron chi connectivity index (χ3n) is 4.34. The van der Waals surface area contributed by atoms with Gasteiger partial charge in [0.1, 0.15) is 12.2 Å². The first-order chi connectivity index (χ1) is 11.7. The highest BCUT2D eigenvalue weighted by Gasteiger charge is 2.24. The molecule has 1 atom stereocenters. The van der Waals surface area contributed by atoms with E-state index in [4.69, 9.17) is 9.15 Å². The van der Waals surface area contributed by atoms with Crippen LogP contribution in [0.2, 0.25) is 0 Å². The number of ether oxygens (including phenoxy) is 1. The van der Waals surface area contributed by atoms with E-state index in [1.165, 1.54) is 12.1 Å². The summed E-state index contributed by atoms with van der Waals surface area (Å²) >= 11 is 0. The third-order valence-corrected chi connectivity index (χ3v) is 5.80. The van der Waals surface area contributed by atoms with Crippen molar-refractivity contribution in [3.05, 3.63) is 56.8 Å². The number of esters is 1. The molecule has 2 heterocycles. The number of benzene rings is 1. The van der Waals surface area contributed by atoms with Crippen molar-refractivity contribution in [3.8, 4) is 0 Å². The zero-order valence-corrected chi connectivity index (χ0v) is 14.8. The smallest absolute Gasteiger partial charge is 0.336 e. The summed E-state index contributed by atoms with van der Waals surface area (Å²) < 4.78 is 33.2. The van der Waals surface area contributed by atoms with Gasteiger partial charge in [-0.1, -0.05) is 18.2 Å². The summed E-state index contributed by atoms with van der Waals surface area (Å²) in [7, 11) is -3.19. The number of sulfone groups is 1. The van der Waals surface area contributed by atoms with Crippen LogP contribution in [0.1, 0.15) is 23.1 Å². The molecule has 0 spiro atoms. The average Bonchev–Trinajstić information content (AvgIpc) is 2.87. The standard InChI is InChI=1S/C18H18O6S/c1-11-3-4-15-14(8-17(20)24-18(15)12(11)2)9-23-16(19)7-13-5-6-25(21,22)10-13/h3-6,8,13H,7,9-10H2,1-2H3/t13-/m1/s1. The minimum Gasteiger partial charge on any atom is -0.461 e. The van der Waals surface area contributed by atoms with Gasteiger partial charge in [-0.2, -0.15) is 0 Å². The maximum atomic E-state index is 12.0. The molecule has 0 bridgehead atoms. The number of hydrogen-bond acceptors (Lipinski definition) is 6. The summed E-state index contributed by atoms with van der Waals surface area (Å²) in [4.78, 5) is 23.8. The molecule has 0 radical (unpaired) electrons. The Morgan fingerprint density at radius 1 is 1.32 bits per heavy atom. The third kappa shape index (κ3) is 3.82. The summed E-state index contributed by atoms with van der Waals surface area (Å²) in [5, 5.41) is 1.85. The van der Waals surface area contributed by atoms with Crippen molar-refractivity contribution in [2.24, 2.45) is 5.92 Å². The Kier molecular flexibility index (Phi) is 4.51.